The van der Waals surface area contributed by atoms with Gasteiger partial charge in [0.1, 0.15) is 30.5 Å². The van der Waals surface area contributed by atoms with Crippen LogP contribution in [0.15, 0.2) is 0 Å². The highest BCUT2D eigenvalue weighted by Gasteiger charge is 2.52. The van der Waals surface area contributed by atoms with Crippen LogP contribution in [-0.4, -0.2) is 67.1 Å². The number of carbonyl (C=O) groups excluding carboxylic acids is 3. The fourth-order valence-corrected chi connectivity index (χ4v) is 4.48. The van der Waals surface area contributed by atoms with Crippen LogP contribution in [0.1, 0.15) is 61.3 Å². The summed E-state index contributed by atoms with van der Waals surface area (Å²) >= 11 is 0. The summed E-state index contributed by atoms with van der Waals surface area (Å²) in [5.41, 5.74) is 0. The minimum absolute atomic E-state index is 0.438. The SMILES string of the molecule is C#CO[C@@H]1OC(CC)[C@@H](O[C@@H]2OC(CC)[C@H](OC(C)=O)[C@H](OC(C)=O)C2C)[C@H](OC(C)=O)C1C. The van der Waals surface area contributed by atoms with Gasteiger partial charge in [0.25, 0.3) is 0 Å². The summed E-state index contributed by atoms with van der Waals surface area (Å²) in [6, 6.07) is 0. The zero-order valence-electron chi connectivity index (χ0n) is 20.8. The zero-order valence-corrected chi connectivity index (χ0v) is 20.8. The van der Waals surface area contributed by atoms with Crippen LogP contribution in [-0.2, 0) is 47.5 Å². The first-order valence-corrected chi connectivity index (χ1v) is 11.6. The molecule has 10 nitrogen and oxygen atoms in total. The molecule has 0 aromatic rings. The second-order valence-electron chi connectivity index (χ2n) is 8.68. The maximum absolute atomic E-state index is 11.9. The molecule has 2 saturated heterocycles. The maximum Gasteiger partial charge on any atom is 0.303 e. The molecule has 0 spiro atoms. The van der Waals surface area contributed by atoms with Crippen LogP contribution in [0.5, 0.6) is 0 Å². The first kappa shape index (κ1) is 27.9. The molecule has 0 radical (unpaired) electrons. The second-order valence-corrected chi connectivity index (χ2v) is 8.68. The summed E-state index contributed by atoms with van der Waals surface area (Å²) in [6.07, 6.45) is 2.64. The van der Waals surface area contributed by atoms with Gasteiger partial charge in [0.15, 0.2) is 12.4 Å². The Morgan fingerprint density at radius 3 is 1.62 bits per heavy atom. The number of carbonyl (C=O) groups is 3. The van der Waals surface area contributed by atoms with Crippen LogP contribution < -0.4 is 0 Å². The molecule has 2 heterocycles. The van der Waals surface area contributed by atoms with Gasteiger partial charge in [-0.05, 0) is 12.8 Å². The van der Waals surface area contributed by atoms with E-state index in [4.69, 9.17) is 39.6 Å². The summed E-state index contributed by atoms with van der Waals surface area (Å²) in [5.74, 6) is -2.46. The molecule has 0 N–H and O–H groups in total. The topological polar surface area (TPSA) is 116 Å². The van der Waals surface area contributed by atoms with E-state index < -0.39 is 78.9 Å². The molecule has 0 amide bonds. The van der Waals surface area contributed by atoms with Crippen LogP contribution in [0.4, 0.5) is 0 Å². The van der Waals surface area contributed by atoms with Crippen LogP contribution in [0, 0.1) is 24.4 Å². The molecule has 2 fully saturated rings. The first-order valence-electron chi connectivity index (χ1n) is 11.6. The van der Waals surface area contributed by atoms with E-state index in [9.17, 15) is 14.4 Å². The molecule has 0 saturated carbocycles. The van der Waals surface area contributed by atoms with Gasteiger partial charge in [-0.2, -0.15) is 0 Å². The standard InChI is InChI=1S/C24H36O10/c1-9-17-21(31-16(8)27)20(30-15(7)26)13(5)24(33-17)34-22-18(10-2)32-23(28-11-3)12(4)19(22)29-14(6)25/h3,12-13,17-24H,9-10H2,1-2,4-8H3/t12?,13?,17?,18?,19-,20-,21+,22-,23-,24+/m1/s1. The quantitative estimate of drug-likeness (QED) is 0.289. The Hall–Kier alpha value is -2.35. The van der Waals surface area contributed by atoms with Gasteiger partial charge in [-0.1, -0.05) is 34.1 Å². The molecule has 0 aromatic carbocycles. The van der Waals surface area contributed by atoms with Crippen molar-refractivity contribution in [3.63, 3.8) is 0 Å². The van der Waals surface area contributed by atoms with E-state index in [1.165, 1.54) is 20.8 Å². The summed E-state index contributed by atoms with van der Waals surface area (Å²) < 4.78 is 40.5. The van der Waals surface area contributed by atoms with E-state index in [1.807, 2.05) is 13.8 Å². The van der Waals surface area contributed by atoms with Gasteiger partial charge < -0.3 is 33.2 Å². The minimum Gasteiger partial charge on any atom is -0.459 e. The molecule has 192 valence electrons. The van der Waals surface area contributed by atoms with Gasteiger partial charge in [-0.3, -0.25) is 14.4 Å². The number of rotatable bonds is 8. The lowest BCUT2D eigenvalue weighted by molar-refractivity contribution is -0.337. The molecule has 34 heavy (non-hydrogen) atoms. The van der Waals surface area contributed by atoms with Crippen LogP contribution in [0.25, 0.3) is 0 Å². The van der Waals surface area contributed by atoms with E-state index >= 15 is 0 Å². The van der Waals surface area contributed by atoms with Gasteiger partial charge in [0.05, 0.1) is 12.0 Å². The highest BCUT2D eigenvalue weighted by molar-refractivity contribution is 5.67. The molecule has 4 unspecified atom stereocenters. The van der Waals surface area contributed by atoms with Crippen molar-refractivity contribution in [2.45, 2.75) is 111 Å². The van der Waals surface area contributed by atoms with Crippen LogP contribution >= 0.6 is 0 Å². The number of hydrogen-bond acceptors (Lipinski definition) is 10. The monoisotopic (exact) mass is 484 g/mol. The van der Waals surface area contributed by atoms with Gasteiger partial charge >= 0.3 is 17.9 Å². The van der Waals surface area contributed by atoms with Gasteiger partial charge in [0, 0.05) is 26.7 Å². The van der Waals surface area contributed by atoms with Crippen molar-refractivity contribution in [3.8, 4) is 12.5 Å². The Morgan fingerprint density at radius 2 is 1.15 bits per heavy atom. The third-order valence-electron chi connectivity index (χ3n) is 6.08. The molecule has 2 rings (SSSR count). The fourth-order valence-electron chi connectivity index (χ4n) is 4.48. The molecule has 0 aromatic heterocycles. The summed E-state index contributed by atoms with van der Waals surface area (Å²) in [7, 11) is 0. The Kier molecular flexibility index (Phi) is 10.2. The molecule has 0 aliphatic carbocycles. The van der Waals surface area contributed by atoms with Gasteiger partial charge in [-0.15, -0.1) is 0 Å². The maximum atomic E-state index is 11.9. The molecule has 0 bridgehead atoms. The molecule has 10 atom stereocenters. The van der Waals surface area contributed by atoms with Crippen molar-refractivity contribution in [2.24, 2.45) is 11.8 Å². The number of hydrogen-bond donors (Lipinski definition) is 0. The van der Waals surface area contributed by atoms with Crippen molar-refractivity contribution in [1.82, 2.24) is 0 Å². The van der Waals surface area contributed by atoms with Crippen molar-refractivity contribution in [1.29, 1.82) is 0 Å². The third-order valence-corrected chi connectivity index (χ3v) is 6.08. The predicted octanol–water partition coefficient (Wildman–Crippen LogP) is 2.32. The van der Waals surface area contributed by atoms with Crippen molar-refractivity contribution >= 4 is 17.9 Å². The normalized spacial score (nSPS) is 37.7. The van der Waals surface area contributed by atoms with E-state index in [1.54, 1.807) is 13.8 Å². The predicted molar refractivity (Wildman–Crippen MR) is 118 cm³/mol. The largest absolute Gasteiger partial charge is 0.459 e. The lowest BCUT2D eigenvalue weighted by atomic mass is 9.88. The molecule has 2 aliphatic rings. The lowest BCUT2D eigenvalue weighted by Crippen LogP contribution is -2.61. The summed E-state index contributed by atoms with van der Waals surface area (Å²) in [4.78, 5) is 35.5. The minimum atomic E-state index is -0.862. The third kappa shape index (κ3) is 6.62. The second kappa shape index (κ2) is 12.4. The van der Waals surface area contributed by atoms with Crippen LogP contribution in [0.2, 0.25) is 0 Å². The van der Waals surface area contributed by atoms with E-state index in [0.717, 1.165) is 0 Å². The number of terminal acetylenes is 1. The molecule has 2 aliphatic heterocycles. The average molecular weight is 485 g/mol. The average Bonchev–Trinajstić information content (AvgIpc) is 2.75. The first-order chi connectivity index (χ1) is 16.0. The highest BCUT2D eigenvalue weighted by Crippen LogP contribution is 2.38. The lowest BCUT2D eigenvalue weighted by Gasteiger charge is -2.48. The summed E-state index contributed by atoms with van der Waals surface area (Å²) in [6.45, 7) is 11.2. The number of esters is 3. The Morgan fingerprint density at radius 1 is 0.735 bits per heavy atom. The van der Waals surface area contributed by atoms with Crippen molar-refractivity contribution in [2.75, 3.05) is 0 Å². The molecular weight excluding hydrogens is 448 g/mol. The van der Waals surface area contributed by atoms with E-state index in [-0.39, 0.29) is 0 Å². The van der Waals surface area contributed by atoms with Crippen molar-refractivity contribution in [3.05, 3.63) is 0 Å². The van der Waals surface area contributed by atoms with E-state index in [2.05, 4.69) is 6.11 Å². The van der Waals surface area contributed by atoms with E-state index in [0.29, 0.717) is 12.8 Å². The zero-order chi connectivity index (χ0) is 25.6. The Balaban J connectivity index is 2.36. The van der Waals surface area contributed by atoms with Gasteiger partial charge in [0.2, 0.25) is 6.29 Å². The molecular formula is C24H36O10. The number of ether oxygens (including phenoxy) is 7. The smallest absolute Gasteiger partial charge is 0.303 e. The summed E-state index contributed by atoms with van der Waals surface area (Å²) in [5, 5.41) is 0. The Bertz CT molecular complexity index is 761. The van der Waals surface area contributed by atoms with Gasteiger partial charge in [-0.25, -0.2) is 0 Å². The Labute approximate surface area is 200 Å². The molecule has 10 heteroatoms. The van der Waals surface area contributed by atoms with Crippen molar-refractivity contribution < 1.29 is 47.5 Å². The highest BCUT2D eigenvalue weighted by atomic mass is 16.7. The van der Waals surface area contributed by atoms with Crippen LogP contribution in [0.3, 0.4) is 0 Å². The fraction of sp³-hybridized carbons (Fsp3) is 0.792.